The van der Waals surface area contributed by atoms with E-state index < -0.39 is 12.2 Å². The number of carbonyl (C=O) groups is 1. The number of benzene rings is 1. The zero-order valence-corrected chi connectivity index (χ0v) is 15.0. The van der Waals surface area contributed by atoms with E-state index in [1.54, 1.807) is 6.92 Å². The number of hydrogen-bond acceptors (Lipinski definition) is 2. The van der Waals surface area contributed by atoms with Crippen LogP contribution in [0.1, 0.15) is 26.2 Å². The Balaban J connectivity index is 2.79. The third kappa shape index (κ3) is 5.23. The molecule has 1 unspecified atom stereocenters. The summed E-state index contributed by atoms with van der Waals surface area (Å²) >= 11 is 0.0511. The third-order valence-corrected chi connectivity index (χ3v) is 12.4. The number of carbonyl (C=O) groups excluding carboxylic acids is 1. The molecule has 0 bridgehead atoms. The van der Waals surface area contributed by atoms with E-state index in [0.29, 0.717) is 6.42 Å². The molecule has 106 valence electrons. The monoisotopic (exact) mass is 344 g/mol. The fraction of sp³-hybridized carbons (Fsp3) is 0.533. The molecule has 0 fully saturated rings. The Bertz CT molecular complexity index is 414. The molecule has 1 N–H and O–H groups in total. The molecule has 0 saturated carbocycles. The van der Waals surface area contributed by atoms with Crippen molar-refractivity contribution in [3.05, 3.63) is 30.3 Å². The van der Waals surface area contributed by atoms with E-state index in [2.05, 4.69) is 31.8 Å². The first-order chi connectivity index (χ1) is 8.74. The van der Waals surface area contributed by atoms with Crippen LogP contribution in [0.5, 0.6) is 0 Å². The quantitative estimate of drug-likeness (QED) is 0.772. The summed E-state index contributed by atoms with van der Waals surface area (Å²) in [4.78, 5) is 11.1. The molecule has 1 rings (SSSR count). The van der Waals surface area contributed by atoms with Gasteiger partial charge in [0, 0.05) is 0 Å². The van der Waals surface area contributed by atoms with Crippen molar-refractivity contribution in [2.75, 3.05) is 0 Å². The summed E-state index contributed by atoms with van der Waals surface area (Å²) in [6, 6.07) is 10.2. The van der Waals surface area contributed by atoms with Crippen LogP contribution in [-0.2, 0) is 4.79 Å². The average Bonchev–Trinajstić information content (AvgIpc) is 2.28. The Hall–Kier alpha value is -0.414. The van der Waals surface area contributed by atoms with Crippen LogP contribution in [-0.4, -0.2) is 38.0 Å². The second-order valence-electron chi connectivity index (χ2n) is 6.01. The molecule has 0 heterocycles. The van der Waals surface area contributed by atoms with Gasteiger partial charge in [-0.15, -0.1) is 0 Å². The van der Waals surface area contributed by atoms with Gasteiger partial charge in [0.15, 0.2) is 0 Å². The molecule has 0 amide bonds. The number of Topliss-reactive ketones (excluding diaryl/α,β-unsaturated/α-hetero) is 1. The van der Waals surface area contributed by atoms with E-state index in [4.69, 9.17) is 0 Å². The van der Waals surface area contributed by atoms with Crippen LogP contribution < -0.4 is 4.46 Å². The zero-order chi connectivity index (χ0) is 14.5. The first kappa shape index (κ1) is 16.6. The molecule has 0 aromatic heterocycles. The summed E-state index contributed by atoms with van der Waals surface area (Å²) in [5.41, 5.74) is 0. The minimum atomic E-state index is -1.69. The second-order valence-corrected chi connectivity index (χ2v) is 15.0. The summed E-state index contributed by atoms with van der Waals surface area (Å²) in [6.07, 6.45) is 2.12. The Morgan fingerprint density at radius 3 is 2.32 bits per heavy atom. The standard InChI is InChI=1S/C15H24O2SeSi/c1-13(16)9-8-12-15(17,19(2,3)4)18-14-10-6-5-7-11-14/h5-7,10-11,17H,8-9,12H2,1-4H3. The van der Waals surface area contributed by atoms with Crippen LogP contribution in [0.3, 0.4) is 0 Å². The van der Waals surface area contributed by atoms with Crippen molar-refractivity contribution in [3.8, 4) is 0 Å². The van der Waals surface area contributed by atoms with E-state index >= 15 is 0 Å². The van der Waals surface area contributed by atoms with E-state index in [1.807, 2.05) is 18.2 Å². The molecular weight excluding hydrogens is 319 g/mol. The first-order valence-electron chi connectivity index (χ1n) is 6.70. The van der Waals surface area contributed by atoms with Gasteiger partial charge in [-0.05, 0) is 0 Å². The number of rotatable bonds is 7. The summed E-state index contributed by atoms with van der Waals surface area (Å²) in [7, 11) is -1.69. The SMILES string of the molecule is CC(=O)CCCC(O)([Se]c1ccccc1)[Si](C)(C)C. The molecule has 0 aliphatic rings. The molecule has 19 heavy (non-hydrogen) atoms. The fourth-order valence-electron chi connectivity index (χ4n) is 1.84. The van der Waals surface area contributed by atoms with Gasteiger partial charge in [0.05, 0.1) is 0 Å². The molecule has 4 heteroatoms. The topological polar surface area (TPSA) is 37.3 Å². The molecule has 1 aromatic rings. The van der Waals surface area contributed by atoms with Gasteiger partial charge < -0.3 is 0 Å². The van der Waals surface area contributed by atoms with Gasteiger partial charge in [-0.1, -0.05) is 0 Å². The average molecular weight is 343 g/mol. The van der Waals surface area contributed by atoms with Gasteiger partial charge >= 0.3 is 123 Å². The molecule has 1 atom stereocenters. The number of ketones is 1. The fourth-order valence-corrected chi connectivity index (χ4v) is 7.56. The zero-order valence-electron chi connectivity index (χ0n) is 12.3. The Kier molecular flexibility index (Phi) is 5.99. The predicted molar refractivity (Wildman–Crippen MR) is 84.7 cm³/mol. The predicted octanol–water partition coefficient (Wildman–Crippen LogP) is 2.34. The van der Waals surface area contributed by atoms with Crippen molar-refractivity contribution in [1.29, 1.82) is 0 Å². The van der Waals surface area contributed by atoms with E-state index in [0.717, 1.165) is 12.8 Å². The molecule has 2 nitrogen and oxygen atoms in total. The van der Waals surface area contributed by atoms with Crippen LogP contribution in [0, 0.1) is 0 Å². The minimum absolute atomic E-state index is 0.0511. The number of aliphatic hydroxyl groups is 1. The molecule has 0 saturated heterocycles. The van der Waals surface area contributed by atoms with Crippen LogP contribution in [0.4, 0.5) is 0 Å². The first-order valence-corrected chi connectivity index (χ1v) is 11.9. The van der Waals surface area contributed by atoms with E-state index in [1.165, 1.54) is 4.46 Å². The van der Waals surface area contributed by atoms with Gasteiger partial charge in [-0.3, -0.25) is 0 Å². The van der Waals surface area contributed by atoms with Crippen molar-refractivity contribution in [2.24, 2.45) is 0 Å². The van der Waals surface area contributed by atoms with Crippen LogP contribution in [0.25, 0.3) is 0 Å². The van der Waals surface area contributed by atoms with E-state index in [-0.39, 0.29) is 20.7 Å². The molecule has 1 aromatic carbocycles. The van der Waals surface area contributed by atoms with E-state index in [9.17, 15) is 9.90 Å². The Morgan fingerprint density at radius 1 is 1.26 bits per heavy atom. The van der Waals surface area contributed by atoms with Gasteiger partial charge in [-0.25, -0.2) is 0 Å². The van der Waals surface area contributed by atoms with Crippen molar-refractivity contribution in [3.63, 3.8) is 0 Å². The molecule has 0 radical (unpaired) electrons. The summed E-state index contributed by atoms with van der Waals surface area (Å²) < 4.78 is 0.666. The molecular formula is C15H24O2SeSi. The van der Waals surface area contributed by atoms with Crippen molar-refractivity contribution < 1.29 is 9.90 Å². The van der Waals surface area contributed by atoms with Crippen molar-refractivity contribution >= 4 is 33.3 Å². The molecule has 0 aliphatic heterocycles. The van der Waals surface area contributed by atoms with Gasteiger partial charge in [0.1, 0.15) is 0 Å². The van der Waals surface area contributed by atoms with Crippen molar-refractivity contribution in [2.45, 2.75) is 49.9 Å². The maximum atomic E-state index is 11.1. The number of hydrogen-bond donors (Lipinski definition) is 1. The van der Waals surface area contributed by atoms with Crippen LogP contribution in [0.15, 0.2) is 30.3 Å². The molecule has 0 aliphatic carbocycles. The van der Waals surface area contributed by atoms with Crippen molar-refractivity contribution in [1.82, 2.24) is 0 Å². The second kappa shape index (κ2) is 6.84. The van der Waals surface area contributed by atoms with Gasteiger partial charge in [0.2, 0.25) is 0 Å². The Morgan fingerprint density at radius 2 is 1.84 bits per heavy atom. The van der Waals surface area contributed by atoms with Gasteiger partial charge in [0.25, 0.3) is 0 Å². The summed E-state index contributed by atoms with van der Waals surface area (Å²) in [6.45, 7) is 8.26. The molecule has 0 spiro atoms. The van der Waals surface area contributed by atoms with Crippen LogP contribution >= 0.6 is 0 Å². The summed E-state index contributed by atoms with van der Waals surface area (Å²) in [5.74, 6) is 0.213. The van der Waals surface area contributed by atoms with Gasteiger partial charge in [-0.2, -0.15) is 0 Å². The summed E-state index contributed by atoms with van der Waals surface area (Å²) in [5, 5.41) is 11.1. The van der Waals surface area contributed by atoms with Crippen LogP contribution in [0.2, 0.25) is 19.6 Å². The normalized spacial score (nSPS) is 15.0. The third-order valence-electron chi connectivity index (χ3n) is 3.25. The Labute approximate surface area is 123 Å². The maximum absolute atomic E-state index is 11.1.